The first-order chi connectivity index (χ1) is 11.6. The van der Waals surface area contributed by atoms with Gasteiger partial charge in [-0.15, -0.1) is 0 Å². The van der Waals surface area contributed by atoms with Crippen LogP contribution in [-0.2, 0) is 16.1 Å². The van der Waals surface area contributed by atoms with Crippen LogP contribution in [-0.4, -0.2) is 23.8 Å². The van der Waals surface area contributed by atoms with E-state index in [1.807, 2.05) is 12.1 Å². The molecular weight excluding hydrogens is 310 g/mol. The van der Waals surface area contributed by atoms with Crippen molar-refractivity contribution in [3.05, 3.63) is 54.0 Å². The van der Waals surface area contributed by atoms with Gasteiger partial charge in [-0.05, 0) is 36.2 Å². The number of benzene rings is 1. The number of hydrogen-bond acceptors (Lipinski definition) is 4. The van der Waals surface area contributed by atoms with Crippen molar-refractivity contribution in [3.63, 3.8) is 0 Å². The summed E-state index contributed by atoms with van der Waals surface area (Å²) in [5.41, 5.74) is 1.53. The fourth-order valence-electron chi connectivity index (χ4n) is 2.43. The number of furan rings is 1. The monoisotopic (exact) mass is 327 g/mol. The normalized spacial score (nSPS) is 16.5. The van der Waals surface area contributed by atoms with E-state index in [1.165, 1.54) is 6.26 Å². The number of nitrogens with one attached hydrogen (secondary N) is 3. The van der Waals surface area contributed by atoms with Crippen LogP contribution in [0.15, 0.2) is 47.1 Å². The Hall–Kier alpha value is -3.09. The minimum Gasteiger partial charge on any atom is -0.459 e. The highest BCUT2D eigenvalue weighted by molar-refractivity contribution is 6.02. The summed E-state index contributed by atoms with van der Waals surface area (Å²) in [6, 6.07) is 9.91. The Labute approximate surface area is 138 Å². The summed E-state index contributed by atoms with van der Waals surface area (Å²) in [5, 5.41) is 8.13. The lowest BCUT2D eigenvalue weighted by Gasteiger charge is -2.11. The van der Waals surface area contributed by atoms with Crippen LogP contribution in [0.2, 0.25) is 0 Å². The lowest BCUT2D eigenvalue weighted by Crippen LogP contribution is -2.41. The molecule has 1 saturated heterocycles. The Balaban J connectivity index is 1.50. The summed E-state index contributed by atoms with van der Waals surface area (Å²) in [6.07, 6.45) is 2.36. The third-order valence-electron chi connectivity index (χ3n) is 3.74. The van der Waals surface area contributed by atoms with Crippen molar-refractivity contribution in [2.45, 2.75) is 25.4 Å². The molecule has 1 aliphatic heterocycles. The number of carbonyl (C=O) groups excluding carboxylic acids is 3. The predicted molar refractivity (Wildman–Crippen MR) is 86.1 cm³/mol. The van der Waals surface area contributed by atoms with Crippen molar-refractivity contribution in [1.82, 2.24) is 10.6 Å². The van der Waals surface area contributed by atoms with Gasteiger partial charge < -0.3 is 20.4 Å². The molecule has 2 aromatic rings. The van der Waals surface area contributed by atoms with Crippen molar-refractivity contribution in [3.8, 4) is 0 Å². The molecule has 3 rings (SSSR count). The van der Waals surface area contributed by atoms with Gasteiger partial charge in [0.25, 0.3) is 5.91 Å². The van der Waals surface area contributed by atoms with Crippen LogP contribution in [0.3, 0.4) is 0 Å². The molecule has 0 aliphatic carbocycles. The van der Waals surface area contributed by atoms with E-state index >= 15 is 0 Å². The highest BCUT2D eigenvalue weighted by Gasteiger charge is 2.26. The first kappa shape index (κ1) is 15.8. The number of anilines is 1. The molecule has 2 heterocycles. The first-order valence-electron chi connectivity index (χ1n) is 7.63. The zero-order valence-electron chi connectivity index (χ0n) is 12.9. The third-order valence-corrected chi connectivity index (χ3v) is 3.74. The van der Waals surface area contributed by atoms with Crippen molar-refractivity contribution >= 4 is 23.4 Å². The fourth-order valence-corrected chi connectivity index (χ4v) is 2.43. The van der Waals surface area contributed by atoms with E-state index in [4.69, 9.17) is 4.42 Å². The zero-order valence-corrected chi connectivity index (χ0v) is 12.9. The molecule has 7 heteroatoms. The van der Waals surface area contributed by atoms with Crippen LogP contribution in [0.25, 0.3) is 0 Å². The molecule has 1 aliphatic rings. The molecule has 1 aromatic heterocycles. The predicted octanol–water partition coefficient (Wildman–Crippen LogP) is 1.43. The number of rotatable bonds is 5. The van der Waals surface area contributed by atoms with E-state index < -0.39 is 6.04 Å². The third kappa shape index (κ3) is 3.81. The average Bonchev–Trinajstić information content (AvgIpc) is 3.25. The summed E-state index contributed by atoms with van der Waals surface area (Å²) in [7, 11) is 0. The van der Waals surface area contributed by atoms with Gasteiger partial charge in [-0.2, -0.15) is 0 Å². The number of amides is 3. The topological polar surface area (TPSA) is 100 Å². The Morgan fingerprint density at radius 1 is 1.21 bits per heavy atom. The molecule has 1 unspecified atom stereocenters. The van der Waals surface area contributed by atoms with E-state index in [0.29, 0.717) is 25.1 Å². The Morgan fingerprint density at radius 2 is 2.00 bits per heavy atom. The smallest absolute Gasteiger partial charge is 0.291 e. The van der Waals surface area contributed by atoms with E-state index in [0.717, 1.165) is 5.56 Å². The van der Waals surface area contributed by atoms with Crippen LogP contribution < -0.4 is 16.0 Å². The van der Waals surface area contributed by atoms with Crippen molar-refractivity contribution in [2.75, 3.05) is 5.32 Å². The molecule has 0 spiro atoms. The molecule has 124 valence electrons. The van der Waals surface area contributed by atoms with Crippen molar-refractivity contribution in [1.29, 1.82) is 0 Å². The summed E-state index contributed by atoms with van der Waals surface area (Å²) in [5.74, 6) is -0.356. The van der Waals surface area contributed by atoms with Gasteiger partial charge in [0.15, 0.2) is 5.76 Å². The summed E-state index contributed by atoms with van der Waals surface area (Å²) in [4.78, 5) is 34.9. The molecule has 0 bridgehead atoms. The largest absolute Gasteiger partial charge is 0.459 e. The second kappa shape index (κ2) is 6.99. The molecule has 1 atom stereocenters. The Morgan fingerprint density at radius 3 is 2.62 bits per heavy atom. The van der Waals surface area contributed by atoms with Crippen molar-refractivity contribution < 1.29 is 18.8 Å². The van der Waals surface area contributed by atoms with Gasteiger partial charge in [0, 0.05) is 18.7 Å². The molecule has 3 N–H and O–H groups in total. The van der Waals surface area contributed by atoms with Crippen LogP contribution in [0.1, 0.15) is 29.0 Å². The standard InChI is InChI=1S/C17H17N3O4/c21-15-8-7-13(20-15)16(22)18-10-11-3-5-12(6-4-11)19-17(23)14-2-1-9-24-14/h1-6,9,13H,7-8,10H2,(H,18,22)(H,19,23)(H,20,21). The maximum absolute atomic E-state index is 11.9. The van der Waals surface area contributed by atoms with E-state index in [9.17, 15) is 14.4 Å². The fraction of sp³-hybridized carbons (Fsp3) is 0.235. The van der Waals surface area contributed by atoms with Gasteiger partial charge in [0.2, 0.25) is 11.8 Å². The second-order valence-electron chi connectivity index (χ2n) is 5.50. The lowest BCUT2D eigenvalue weighted by atomic mass is 10.2. The molecule has 7 nitrogen and oxygen atoms in total. The summed E-state index contributed by atoms with van der Waals surface area (Å²) in [6.45, 7) is 0.359. The molecule has 1 fully saturated rings. The van der Waals surface area contributed by atoms with Gasteiger partial charge in [-0.3, -0.25) is 14.4 Å². The summed E-state index contributed by atoms with van der Waals surface area (Å²) < 4.78 is 5.02. The van der Waals surface area contributed by atoms with Crippen molar-refractivity contribution in [2.24, 2.45) is 0 Å². The molecule has 3 amide bonds. The minimum atomic E-state index is -0.440. The zero-order chi connectivity index (χ0) is 16.9. The van der Waals surface area contributed by atoms with Gasteiger partial charge in [-0.1, -0.05) is 12.1 Å². The number of carbonyl (C=O) groups is 3. The molecule has 0 radical (unpaired) electrons. The van der Waals surface area contributed by atoms with Crippen LogP contribution in [0.4, 0.5) is 5.69 Å². The second-order valence-corrected chi connectivity index (χ2v) is 5.50. The highest BCUT2D eigenvalue weighted by Crippen LogP contribution is 2.12. The van der Waals surface area contributed by atoms with Gasteiger partial charge >= 0.3 is 0 Å². The maximum atomic E-state index is 11.9. The first-order valence-corrected chi connectivity index (χ1v) is 7.63. The SMILES string of the molecule is O=C1CCC(C(=O)NCc2ccc(NC(=O)c3ccco3)cc2)N1. The Bertz CT molecular complexity index is 738. The van der Waals surface area contributed by atoms with Crippen LogP contribution in [0, 0.1) is 0 Å². The molecular formula is C17H17N3O4. The van der Waals surface area contributed by atoms with Gasteiger partial charge in [0.1, 0.15) is 6.04 Å². The Kier molecular flexibility index (Phi) is 4.60. The quantitative estimate of drug-likeness (QED) is 0.773. The molecule has 24 heavy (non-hydrogen) atoms. The molecule has 1 aromatic carbocycles. The molecule has 0 saturated carbocycles. The van der Waals surface area contributed by atoms with Gasteiger partial charge in [0.05, 0.1) is 6.26 Å². The van der Waals surface area contributed by atoms with Crippen LogP contribution >= 0.6 is 0 Å². The average molecular weight is 327 g/mol. The van der Waals surface area contributed by atoms with E-state index in [-0.39, 0.29) is 23.5 Å². The highest BCUT2D eigenvalue weighted by atomic mass is 16.3. The van der Waals surface area contributed by atoms with E-state index in [1.54, 1.807) is 24.3 Å². The number of hydrogen-bond donors (Lipinski definition) is 3. The van der Waals surface area contributed by atoms with E-state index in [2.05, 4.69) is 16.0 Å². The van der Waals surface area contributed by atoms with Gasteiger partial charge in [-0.25, -0.2) is 0 Å². The maximum Gasteiger partial charge on any atom is 0.291 e. The minimum absolute atomic E-state index is 0.0909. The van der Waals surface area contributed by atoms with Crippen LogP contribution in [0.5, 0.6) is 0 Å². The summed E-state index contributed by atoms with van der Waals surface area (Å²) >= 11 is 0. The lowest BCUT2D eigenvalue weighted by molar-refractivity contribution is -0.125.